The zero-order chi connectivity index (χ0) is 11.5. The molecule has 0 aliphatic heterocycles. The summed E-state index contributed by atoms with van der Waals surface area (Å²) in [6, 6.07) is 5.58. The predicted octanol–water partition coefficient (Wildman–Crippen LogP) is 3.85. The van der Waals surface area contributed by atoms with Crippen molar-refractivity contribution in [3.05, 3.63) is 29.8 Å². The summed E-state index contributed by atoms with van der Waals surface area (Å²) in [4.78, 5) is 0. The molecule has 1 aromatic rings. The van der Waals surface area contributed by atoms with Gasteiger partial charge in [-0.2, -0.15) is 13.2 Å². The lowest BCUT2D eigenvalue weighted by Gasteiger charge is -2.14. The molecule has 1 rings (SSSR count). The molecule has 0 radical (unpaired) electrons. The number of hydrogen-bond donors (Lipinski definition) is 0. The molecule has 0 saturated carbocycles. The first-order valence-electron chi connectivity index (χ1n) is 4.91. The number of hydrogen-bond acceptors (Lipinski definition) is 0. The van der Waals surface area contributed by atoms with Gasteiger partial charge in [0.25, 0.3) is 0 Å². The van der Waals surface area contributed by atoms with Crippen molar-refractivity contribution in [2.45, 2.75) is 20.0 Å². The predicted molar refractivity (Wildman–Crippen MR) is 59.1 cm³/mol. The molecule has 0 heterocycles. The molecule has 4 heteroatoms. The fraction of sp³-hybridized carbons (Fsp3) is 0.455. The van der Waals surface area contributed by atoms with Gasteiger partial charge in [-0.3, -0.25) is 0 Å². The molecule has 84 valence electrons. The molecule has 0 atom stereocenters. The third kappa shape index (κ3) is 3.20. The molecule has 15 heavy (non-hydrogen) atoms. The zero-order valence-electron chi connectivity index (χ0n) is 8.80. The summed E-state index contributed by atoms with van der Waals surface area (Å²) in [5, 5.41) is 1.06. The molecule has 0 unspecified atom stereocenters. The van der Waals surface area contributed by atoms with Gasteiger partial charge < -0.3 is 0 Å². The Morgan fingerprint density at radius 1 is 1.00 bits per heavy atom. The Labute approximate surface area is 89.3 Å². The van der Waals surface area contributed by atoms with Gasteiger partial charge in [-0.25, -0.2) is 0 Å². The van der Waals surface area contributed by atoms with Crippen LogP contribution < -0.4 is 5.30 Å². The van der Waals surface area contributed by atoms with Crippen LogP contribution in [0.3, 0.4) is 0 Å². The highest BCUT2D eigenvalue weighted by Gasteiger charge is 2.30. The average molecular weight is 234 g/mol. The van der Waals surface area contributed by atoms with Crippen LogP contribution in [0.1, 0.15) is 19.4 Å². The van der Waals surface area contributed by atoms with Gasteiger partial charge in [0.2, 0.25) is 0 Å². The van der Waals surface area contributed by atoms with Crippen molar-refractivity contribution in [3.8, 4) is 0 Å². The monoisotopic (exact) mass is 234 g/mol. The van der Waals surface area contributed by atoms with Crippen molar-refractivity contribution in [1.29, 1.82) is 0 Å². The molecule has 0 spiro atoms. The lowest BCUT2D eigenvalue weighted by molar-refractivity contribution is -0.137. The van der Waals surface area contributed by atoms with E-state index in [9.17, 15) is 13.2 Å². The molecule has 0 saturated heterocycles. The lowest BCUT2D eigenvalue weighted by atomic mass is 10.2. The molecule has 0 aliphatic carbocycles. The van der Waals surface area contributed by atoms with Crippen LogP contribution in [0, 0.1) is 0 Å². The van der Waals surface area contributed by atoms with Crippen LogP contribution in [0.5, 0.6) is 0 Å². The van der Waals surface area contributed by atoms with Crippen LogP contribution >= 0.6 is 7.92 Å². The molecule has 0 fully saturated rings. The Kier molecular flexibility index (Phi) is 4.15. The van der Waals surface area contributed by atoms with Crippen molar-refractivity contribution in [1.82, 2.24) is 0 Å². The smallest absolute Gasteiger partial charge is 0.166 e. The van der Waals surface area contributed by atoms with Crippen molar-refractivity contribution in [2.75, 3.05) is 12.3 Å². The van der Waals surface area contributed by atoms with Crippen molar-refractivity contribution in [3.63, 3.8) is 0 Å². The van der Waals surface area contributed by atoms with E-state index >= 15 is 0 Å². The van der Waals surface area contributed by atoms with E-state index in [-0.39, 0.29) is 7.92 Å². The molecular weight excluding hydrogens is 220 g/mol. The van der Waals surface area contributed by atoms with E-state index in [1.54, 1.807) is 12.1 Å². The van der Waals surface area contributed by atoms with Gasteiger partial charge in [-0.1, -0.05) is 33.9 Å². The highest BCUT2D eigenvalue weighted by atomic mass is 31.1. The van der Waals surface area contributed by atoms with E-state index in [4.69, 9.17) is 0 Å². The summed E-state index contributed by atoms with van der Waals surface area (Å²) in [5.74, 6) is 0. The second kappa shape index (κ2) is 4.98. The maximum atomic E-state index is 12.3. The third-order valence-electron chi connectivity index (χ3n) is 2.32. The first-order chi connectivity index (χ1) is 6.99. The van der Waals surface area contributed by atoms with E-state index in [1.807, 2.05) is 0 Å². The minimum atomic E-state index is -4.22. The van der Waals surface area contributed by atoms with Gasteiger partial charge in [-0.15, -0.1) is 0 Å². The minimum absolute atomic E-state index is 0.267. The Hall–Kier alpha value is -0.560. The van der Waals surface area contributed by atoms with E-state index in [1.165, 1.54) is 12.1 Å². The summed E-state index contributed by atoms with van der Waals surface area (Å²) in [6.45, 7) is 4.15. The Morgan fingerprint density at radius 2 is 1.47 bits per heavy atom. The highest BCUT2D eigenvalue weighted by Crippen LogP contribution is 2.34. The summed E-state index contributed by atoms with van der Waals surface area (Å²) in [6.07, 6.45) is -2.17. The van der Waals surface area contributed by atoms with Crippen molar-refractivity contribution >= 4 is 13.2 Å². The molecule has 0 aromatic heterocycles. The lowest BCUT2D eigenvalue weighted by Crippen LogP contribution is -2.09. The minimum Gasteiger partial charge on any atom is -0.166 e. The van der Waals surface area contributed by atoms with Crippen LogP contribution in [-0.4, -0.2) is 12.3 Å². The summed E-state index contributed by atoms with van der Waals surface area (Å²) < 4.78 is 36.9. The largest absolute Gasteiger partial charge is 0.416 e. The van der Waals surface area contributed by atoms with Gasteiger partial charge >= 0.3 is 6.18 Å². The third-order valence-corrected chi connectivity index (χ3v) is 4.88. The number of halogens is 3. The van der Waals surface area contributed by atoms with Crippen molar-refractivity contribution < 1.29 is 13.2 Å². The molecule has 0 amide bonds. The van der Waals surface area contributed by atoms with Crippen LogP contribution in [0.2, 0.25) is 0 Å². The quantitative estimate of drug-likeness (QED) is 0.697. The number of rotatable bonds is 3. The summed E-state index contributed by atoms with van der Waals surface area (Å²) in [7, 11) is -0.267. The maximum absolute atomic E-state index is 12.3. The van der Waals surface area contributed by atoms with Crippen LogP contribution in [0.15, 0.2) is 24.3 Å². The summed E-state index contributed by atoms with van der Waals surface area (Å²) >= 11 is 0. The van der Waals surface area contributed by atoms with E-state index < -0.39 is 11.7 Å². The number of benzene rings is 1. The van der Waals surface area contributed by atoms with Gasteiger partial charge in [-0.05, 0) is 29.8 Å². The van der Waals surface area contributed by atoms with Gasteiger partial charge in [0.1, 0.15) is 0 Å². The fourth-order valence-electron chi connectivity index (χ4n) is 1.45. The normalized spacial score (nSPS) is 12.1. The molecule has 1 aromatic carbocycles. The Bertz CT molecular complexity index is 299. The van der Waals surface area contributed by atoms with E-state index in [0.717, 1.165) is 17.6 Å². The van der Waals surface area contributed by atoms with Gasteiger partial charge in [0, 0.05) is 0 Å². The first kappa shape index (κ1) is 12.5. The Morgan fingerprint density at radius 3 is 1.80 bits per heavy atom. The number of alkyl halides is 3. The van der Waals surface area contributed by atoms with Crippen LogP contribution in [0.25, 0.3) is 0 Å². The molecule has 0 nitrogen and oxygen atoms in total. The standard InChI is InChI=1S/C11H14F3P/c1-3-15(4-2)10-7-5-9(6-8-10)11(12,13)14/h5-8H,3-4H2,1-2H3. The average Bonchev–Trinajstić information content (AvgIpc) is 2.19. The highest BCUT2D eigenvalue weighted by molar-refractivity contribution is 7.65. The maximum Gasteiger partial charge on any atom is 0.416 e. The first-order valence-corrected chi connectivity index (χ1v) is 6.62. The SMILES string of the molecule is CCP(CC)c1ccc(C(F)(F)F)cc1. The fourth-order valence-corrected chi connectivity index (χ4v) is 3.20. The summed E-state index contributed by atoms with van der Waals surface area (Å²) in [5.41, 5.74) is -0.562. The van der Waals surface area contributed by atoms with Crippen molar-refractivity contribution in [2.24, 2.45) is 0 Å². The zero-order valence-corrected chi connectivity index (χ0v) is 9.70. The molecular formula is C11H14F3P. The van der Waals surface area contributed by atoms with Crippen LogP contribution in [0.4, 0.5) is 13.2 Å². The van der Waals surface area contributed by atoms with Crippen LogP contribution in [-0.2, 0) is 6.18 Å². The second-order valence-electron chi connectivity index (χ2n) is 3.22. The van der Waals surface area contributed by atoms with E-state index in [0.29, 0.717) is 0 Å². The molecule has 0 aliphatic rings. The second-order valence-corrected chi connectivity index (χ2v) is 6.08. The van der Waals surface area contributed by atoms with Gasteiger partial charge in [0.05, 0.1) is 5.56 Å². The molecule has 0 bridgehead atoms. The Balaban J connectivity index is 2.89. The molecule has 0 N–H and O–H groups in total. The van der Waals surface area contributed by atoms with E-state index in [2.05, 4.69) is 13.8 Å². The topological polar surface area (TPSA) is 0 Å². The van der Waals surface area contributed by atoms with Gasteiger partial charge in [0.15, 0.2) is 0 Å².